The van der Waals surface area contributed by atoms with Crippen molar-refractivity contribution in [3.63, 3.8) is 0 Å². The lowest BCUT2D eigenvalue weighted by Crippen LogP contribution is -2.60. The highest BCUT2D eigenvalue weighted by molar-refractivity contribution is 5.76. The molecule has 1 fully saturated rings. The quantitative estimate of drug-likeness (QED) is 0.396. The van der Waals surface area contributed by atoms with Gasteiger partial charge in [0.2, 0.25) is 0 Å². The van der Waals surface area contributed by atoms with Crippen molar-refractivity contribution in [2.24, 2.45) is 0 Å². The molecule has 5 nitrogen and oxygen atoms in total. The van der Waals surface area contributed by atoms with Gasteiger partial charge in [-0.05, 0) is 13.0 Å². The second-order valence-corrected chi connectivity index (χ2v) is 5.69. The molecule has 8 heteroatoms. The number of hydrogen-bond donors (Lipinski definition) is 2. The van der Waals surface area contributed by atoms with Crippen molar-refractivity contribution in [3.05, 3.63) is 74.0 Å². The van der Waals surface area contributed by atoms with Crippen molar-refractivity contribution >= 4 is 6.03 Å². The largest absolute Gasteiger partial charge is 0.522 e. The molecule has 2 amide bonds. The zero-order valence-electron chi connectivity index (χ0n) is 18.0. The minimum atomic E-state index is -4.52. The van der Waals surface area contributed by atoms with E-state index in [1.165, 1.54) is 0 Å². The summed E-state index contributed by atoms with van der Waals surface area (Å²) < 4.78 is 36.2. The van der Waals surface area contributed by atoms with Crippen LogP contribution in [0.15, 0.2) is 74.0 Å². The highest BCUT2D eigenvalue weighted by Gasteiger charge is 2.28. The topological polar surface area (TPSA) is 53.6 Å². The van der Waals surface area contributed by atoms with Gasteiger partial charge in [-0.25, -0.2) is 4.79 Å². The van der Waals surface area contributed by atoms with Crippen LogP contribution in [0.2, 0.25) is 0 Å². The molecule has 170 valence electrons. The van der Waals surface area contributed by atoms with E-state index in [4.69, 9.17) is 0 Å². The first-order valence-corrected chi connectivity index (χ1v) is 9.56. The number of alkyl halides is 3. The number of nitrogens with zero attached hydrogens (tertiary/aromatic N) is 1. The first-order chi connectivity index (χ1) is 14.2. The summed E-state index contributed by atoms with van der Waals surface area (Å²) in [7, 11) is 0. The average Bonchev–Trinajstić information content (AvgIpc) is 2.65. The van der Waals surface area contributed by atoms with Gasteiger partial charge in [-0.2, -0.15) is 0 Å². The molecule has 0 aromatic heterocycles. The molecular weight excluding hydrogens is 395 g/mol. The molecule has 0 saturated carbocycles. The molecule has 0 atom stereocenters. The Morgan fingerprint density at radius 3 is 2.23 bits per heavy atom. The molecule has 1 rings (SSSR count). The van der Waals surface area contributed by atoms with Crippen LogP contribution in [0.3, 0.4) is 0 Å². The normalized spacial score (nSPS) is 14.7. The highest BCUT2D eigenvalue weighted by Crippen LogP contribution is 2.15. The van der Waals surface area contributed by atoms with Crippen LogP contribution in [0.4, 0.5) is 18.0 Å². The molecule has 0 radical (unpaired) electrons. The van der Waals surface area contributed by atoms with Crippen molar-refractivity contribution in [1.82, 2.24) is 15.5 Å². The Balaban J connectivity index is 0. The van der Waals surface area contributed by atoms with E-state index in [2.05, 4.69) is 46.1 Å². The van der Waals surface area contributed by atoms with E-state index >= 15 is 0 Å². The van der Waals surface area contributed by atoms with Gasteiger partial charge in [-0.1, -0.05) is 69.5 Å². The van der Waals surface area contributed by atoms with Gasteiger partial charge in [0, 0.05) is 25.3 Å². The standard InChI is InChI=1S/C16H23N3O.C4H5F3O.C2H6/c1-4-6-7-8-9-11-19-12-15(13-19)18-16(20)17-14(3)10-5-2;1-2-3-8-4(5,6)7;1-2/h4-10,15H,1-2,11-13H2,3H3,(H2,17,18,20);2H,1,3H2;1-2H3/b7-6-,9-8+,14-10+;;. The molecule has 1 heterocycles. The summed E-state index contributed by atoms with van der Waals surface area (Å²) >= 11 is 0. The monoisotopic (exact) mass is 429 g/mol. The summed E-state index contributed by atoms with van der Waals surface area (Å²) in [6.07, 6.45) is 9.59. The molecule has 1 aliphatic heterocycles. The first kappa shape index (κ1) is 29.6. The Morgan fingerprint density at radius 1 is 1.13 bits per heavy atom. The van der Waals surface area contributed by atoms with Crippen LogP contribution in [0.5, 0.6) is 0 Å². The van der Waals surface area contributed by atoms with Gasteiger partial charge in [0.15, 0.2) is 0 Å². The van der Waals surface area contributed by atoms with E-state index < -0.39 is 13.0 Å². The van der Waals surface area contributed by atoms with Crippen LogP contribution < -0.4 is 10.6 Å². The lowest BCUT2D eigenvalue weighted by Gasteiger charge is -2.38. The maximum absolute atomic E-state index is 11.6. The van der Waals surface area contributed by atoms with Crippen molar-refractivity contribution < 1.29 is 22.7 Å². The van der Waals surface area contributed by atoms with Gasteiger partial charge < -0.3 is 10.6 Å². The van der Waals surface area contributed by atoms with Crippen LogP contribution in [0, 0.1) is 0 Å². The molecule has 0 aliphatic carbocycles. The molecule has 30 heavy (non-hydrogen) atoms. The molecule has 1 aliphatic rings. The van der Waals surface area contributed by atoms with Crippen LogP contribution in [0.25, 0.3) is 0 Å². The van der Waals surface area contributed by atoms with Crippen LogP contribution in [0.1, 0.15) is 20.8 Å². The average molecular weight is 430 g/mol. The maximum Gasteiger partial charge on any atom is 0.522 e. The van der Waals surface area contributed by atoms with Crippen LogP contribution in [-0.2, 0) is 4.74 Å². The minimum Gasteiger partial charge on any atom is -0.333 e. The maximum atomic E-state index is 11.6. The number of hydrogen-bond acceptors (Lipinski definition) is 3. The molecular formula is C22H34F3N3O2. The van der Waals surface area contributed by atoms with Gasteiger partial charge in [0.25, 0.3) is 0 Å². The Bertz CT molecular complexity index is 591. The SMILES string of the molecule is C=C/C=C\C=C\CN1CC(NC(=O)N/C(C)=C/C=C)C1.C=CCOC(F)(F)F.CC. The number of amides is 2. The fourth-order valence-electron chi connectivity index (χ4n) is 2.01. The Morgan fingerprint density at radius 2 is 1.77 bits per heavy atom. The number of carbonyl (C=O) groups is 1. The third-order valence-corrected chi connectivity index (χ3v) is 3.19. The minimum absolute atomic E-state index is 0.158. The van der Waals surface area contributed by atoms with E-state index in [1.54, 1.807) is 18.2 Å². The smallest absolute Gasteiger partial charge is 0.333 e. The second-order valence-electron chi connectivity index (χ2n) is 5.69. The van der Waals surface area contributed by atoms with E-state index in [0.29, 0.717) is 0 Å². The predicted molar refractivity (Wildman–Crippen MR) is 118 cm³/mol. The van der Waals surface area contributed by atoms with E-state index in [-0.39, 0.29) is 12.1 Å². The van der Waals surface area contributed by atoms with Crippen LogP contribution in [-0.4, -0.2) is 49.6 Å². The number of halogens is 3. The molecule has 0 aromatic carbocycles. The van der Waals surface area contributed by atoms with Gasteiger partial charge >= 0.3 is 12.4 Å². The summed E-state index contributed by atoms with van der Waals surface area (Å²) in [4.78, 5) is 13.9. The van der Waals surface area contributed by atoms with Crippen molar-refractivity contribution in [1.29, 1.82) is 0 Å². The third-order valence-electron chi connectivity index (χ3n) is 3.19. The summed E-state index contributed by atoms with van der Waals surface area (Å²) in [6, 6.07) is 0.0679. The molecule has 0 spiro atoms. The van der Waals surface area contributed by atoms with Crippen LogP contribution >= 0.6 is 0 Å². The summed E-state index contributed by atoms with van der Waals surface area (Å²) in [6.45, 7) is 18.2. The molecule has 2 N–H and O–H groups in total. The zero-order valence-corrected chi connectivity index (χ0v) is 18.0. The lowest BCUT2D eigenvalue weighted by atomic mass is 10.1. The Kier molecular flexibility index (Phi) is 18.2. The fourth-order valence-corrected chi connectivity index (χ4v) is 2.01. The zero-order chi connectivity index (χ0) is 23.4. The fraction of sp³-hybridized carbons (Fsp3) is 0.409. The van der Waals surface area contributed by atoms with Gasteiger partial charge in [0.05, 0.1) is 12.6 Å². The molecule has 1 saturated heterocycles. The number of likely N-dealkylation sites (tertiary alicyclic amines) is 1. The predicted octanol–water partition coefficient (Wildman–Crippen LogP) is 5.09. The van der Waals surface area contributed by atoms with E-state index in [0.717, 1.165) is 31.4 Å². The highest BCUT2D eigenvalue weighted by atomic mass is 19.4. The number of allylic oxidation sites excluding steroid dienone is 7. The van der Waals surface area contributed by atoms with Crippen molar-refractivity contribution in [3.8, 4) is 0 Å². The van der Waals surface area contributed by atoms with Gasteiger partial charge in [-0.15, -0.1) is 19.8 Å². The third kappa shape index (κ3) is 18.8. The second kappa shape index (κ2) is 18.4. The number of nitrogens with one attached hydrogen (secondary N) is 2. The van der Waals surface area contributed by atoms with E-state index in [9.17, 15) is 18.0 Å². The first-order valence-electron chi connectivity index (χ1n) is 9.56. The van der Waals surface area contributed by atoms with E-state index in [1.807, 2.05) is 39.0 Å². The summed E-state index contributed by atoms with van der Waals surface area (Å²) in [5.74, 6) is 0. The lowest BCUT2D eigenvalue weighted by molar-refractivity contribution is -0.319. The van der Waals surface area contributed by atoms with Crippen molar-refractivity contribution in [2.75, 3.05) is 26.2 Å². The molecule has 0 bridgehead atoms. The summed E-state index contributed by atoms with van der Waals surface area (Å²) in [5, 5.41) is 5.68. The Hall–Kier alpha value is -2.58. The van der Waals surface area contributed by atoms with Gasteiger partial charge in [-0.3, -0.25) is 9.64 Å². The Labute approximate surface area is 178 Å². The number of rotatable bonds is 9. The molecule has 0 unspecified atom stereocenters. The number of urea groups is 1. The summed E-state index contributed by atoms with van der Waals surface area (Å²) in [5.41, 5.74) is 0.783. The van der Waals surface area contributed by atoms with Gasteiger partial charge in [0.1, 0.15) is 0 Å². The number of carbonyl (C=O) groups excluding carboxylic acids is 1. The number of ether oxygens (including phenoxy) is 1. The van der Waals surface area contributed by atoms with Crippen molar-refractivity contribution in [2.45, 2.75) is 33.2 Å². The molecule has 0 aromatic rings.